The molecule has 0 saturated heterocycles. The second kappa shape index (κ2) is 56.4. The fraction of sp³-hybridized carbons (Fsp3) is 0.712. The van der Waals surface area contributed by atoms with Gasteiger partial charge in [-0.15, -0.1) is 0 Å². The molecule has 0 bridgehead atoms. The van der Waals surface area contributed by atoms with Crippen molar-refractivity contribution >= 4 is 17.9 Å². The number of unbranched alkanes of at least 4 members (excludes halogenated alkanes) is 24. The van der Waals surface area contributed by atoms with Crippen LogP contribution in [0.5, 0.6) is 0 Å². The minimum atomic E-state index is -1.51. The van der Waals surface area contributed by atoms with Crippen LogP contribution in [0.3, 0.4) is 0 Å². The zero-order chi connectivity index (χ0) is 54.8. The molecule has 430 valence electrons. The molecular formula is C66H114NO8+. The maximum absolute atomic E-state index is 12.9. The topological polar surface area (TPSA) is 108 Å². The first kappa shape index (κ1) is 71.2. The number of carboxylic acids is 1. The van der Waals surface area contributed by atoms with Crippen molar-refractivity contribution in [3.05, 3.63) is 97.2 Å². The Morgan fingerprint density at radius 2 is 0.760 bits per heavy atom. The van der Waals surface area contributed by atoms with Crippen molar-refractivity contribution in [3.8, 4) is 0 Å². The molecule has 0 spiro atoms. The summed E-state index contributed by atoms with van der Waals surface area (Å²) in [7, 11) is 5.96. The molecule has 0 rings (SSSR count). The zero-order valence-electron chi connectivity index (χ0n) is 48.9. The number of carbonyl (C=O) groups is 3. The fourth-order valence-corrected chi connectivity index (χ4v) is 8.21. The van der Waals surface area contributed by atoms with Crippen molar-refractivity contribution in [2.45, 2.75) is 257 Å². The van der Waals surface area contributed by atoms with Crippen LogP contribution in [0.2, 0.25) is 0 Å². The van der Waals surface area contributed by atoms with Gasteiger partial charge < -0.3 is 28.5 Å². The lowest BCUT2D eigenvalue weighted by molar-refractivity contribution is -0.870. The van der Waals surface area contributed by atoms with Gasteiger partial charge in [-0.05, 0) is 77.0 Å². The number of likely N-dealkylation sites (N-methyl/N-ethyl adjacent to an activating group) is 1. The van der Waals surface area contributed by atoms with Crippen LogP contribution in [0.4, 0.5) is 0 Å². The molecule has 0 aromatic rings. The van der Waals surface area contributed by atoms with Gasteiger partial charge in [0.25, 0.3) is 6.29 Å². The largest absolute Gasteiger partial charge is 0.477 e. The lowest BCUT2D eigenvalue weighted by Crippen LogP contribution is -2.40. The Morgan fingerprint density at radius 1 is 0.413 bits per heavy atom. The first-order valence-electron chi connectivity index (χ1n) is 30.4. The summed E-state index contributed by atoms with van der Waals surface area (Å²) < 4.78 is 22.9. The SMILES string of the molecule is CC/C=C\C/C=C\C/C=C\C/C=C\C/C=C\C/C=C\C/C=C\C/C=C\CCCCCCCCCCCCC(=O)OC(COC(=O)CCCCCCCCCCCCCCCCC)COC(OCC[N+](C)(C)C)C(=O)O. The highest BCUT2D eigenvalue weighted by atomic mass is 16.7. The summed E-state index contributed by atoms with van der Waals surface area (Å²) in [6, 6.07) is 0. The summed E-state index contributed by atoms with van der Waals surface area (Å²) >= 11 is 0. The third-order valence-electron chi connectivity index (χ3n) is 12.9. The molecule has 2 unspecified atom stereocenters. The Morgan fingerprint density at radius 3 is 1.13 bits per heavy atom. The quantitative estimate of drug-likeness (QED) is 0.0211. The van der Waals surface area contributed by atoms with E-state index in [1.165, 1.54) is 116 Å². The van der Waals surface area contributed by atoms with Crippen molar-refractivity contribution < 1.29 is 42.9 Å². The molecule has 9 heteroatoms. The third-order valence-corrected chi connectivity index (χ3v) is 12.9. The number of carboxylic acid groups (broad SMARTS) is 1. The van der Waals surface area contributed by atoms with Crippen LogP contribution < -0.4 is 0 Å². The van der Waals surface area contributed by atoms with Gasteiger partial charge >= 0.3 is 17.9 Å². The van der Waals surface area contributed by atoms with E-state index in [1.807, 2.05) is 21.1 Å². The molecule has 0 amide bonds. The number of carbonyl (C=O) groups excluding carboxylic acids is 2. The number of quaternary nitrogens is 1. The number of ether oxygens (including phenoxy) is 4. The average molecular weight is 1050 g/mol. The van der Waals surface area contributed by atoms with Crippen molar-refractivity contribution in [2.24, 2.45) is 0 Å². The number of hydrogen-bond donors (Lipinski definition) is 1. The maximum Gasteiger partial charge on any atom is 0.361 e. The van der Waals surface area contributed by atoms with E-state index in [9.17, 15) is 19.5 Å². The normalized spacial score (nSPS) is 13.5. The van der Waals surface area contributed by atoms with Crippen LogP contribution in [0.15, 0.2) is 97.2 Å². The lowest BCUT2D eigenvalue weighted by Gasteiger charge is -2.25. The summed E-state index contributed by atoms with van der Waals surface area (Å²) in [5.74, 6) is -2.01. The van der Waals surface area contributed by atoms with Crippen molar-refractivity contribution in [3.63, 3.8) is 0 Å². The Kier molecular flexibility index (Phi) is 53.6. The van der Waals surface area contributed by atoms with Gasteiger partial charge in [0.15, 0.2) is 6.10 Å². The smallest absolute Gasteiger partial charge is 0.361 e. The molecular weight excluding hydrogens is 935 g/mol. The van der Waals surface area contributed by atoms with Crippen LogP contribution in [-0.2, 0) is 33.3 Å². The molecule has 0 radical (unpaired) electrons. The number of rotatable bonds is 55. The van der Waals surface area contributed by atoms with Gasteiger partial charge in [0.05, 0.1) is 34.4 Å². The van der Waals surface area contributed by atoms with Crippen molar-refractivity contribution in [1.29, 1.82) is 0 Å². The molecule has 0 aliphatic carbocycles. The lowest BCUT2D eigenvalue weighted by atomic mass is 10.0. The van der Waals surface area contributed by atoms with Crippen LogP contribution in [0.25, 0.3) is 0 Å². The van der Waals surface area contributed by atoms with E-state index >= 15 is 0 Å². The Labute approximate surface area is 461 Å². The number of nitrogens with zero attached hydrogens (tertiary/aromatic N) is 1. The van der Waals surface area contributed by atoms with Gasteiger partial charge in [0, 0.05) is 12.8 Å². The van der Waals surface area contributed by atoms with Gasteiger partial charge in [-0.2, -0.15) is 0 Å². The van der Waals surface area contributed by atoms with E-state index in [2.05, 4.69) is 111 Å². The first-order chi connectivity index (χ1) is 36.6. The Hall–Kier alpha value is -3.79. The number of esters is 2. The fourth-order valence-electron chi connectivity index (χ4n) is 8.21. The van der Waals surface area contributed by atoms with E-state index < -0.39 is 24.3 Å². The molecule has 2 atom stereocenters. The molecule has 0 aliphatic heterocycles. The summed E-state index contributed by atoms with van der Waals surface area (Å²) in [4.78, 5) is 37.4. The zero-order valence-corrected chi connectivity index (χ0v) is 48.9. The summed E-state index contributed by atoms with van der Waals surface area (Å²) in [6.07, 6.45) is 73.5. The van der Waals surface area contributed by atoms with Gasteiger partial charge in [-0.1, -0.05) is 252 Å². The van der Waals surface area contributed by atoms with Gasteiger partial charge in [0.1, 0.15) is 13.2 Å². The van der Waals surface area contributed by atoms with Gasteiger partial charge in [-0.25, -0.2) is 4.79 Å². The van der Waals surface area contributed by atoms with Gasteiger partial charge in [-0.3, -0.25) is 9.59 Å². The standard InChI is InChI=1S/C66H113NO8/c1-6-8-10-12-14-16-18-20-22-23-24-25-26-27-28-29-30-31-32-33-34-35-36-37-38-39-40-41-43-45-47-49-51-53-55-57-64(69)75-62(61-74-66(65(70)71)72-59-58-67(3,4)5)60-73-63(68)56-54-52-50-48-46-44-42-21-19-17-15-13-11-9-7-2/h8,10,14,16,20,22,24-25,27-28,30-31,33-34,36-37,62,66H,6-7,9,11-13,15,17-19,21,23,26,29,32,35,38-61H2,1-5H3/p+1/b10-8-,16-14-,22-20-,25-24-,28-27-,31-30-,34-33-,37-36-. The van der Waals surface area contributed by atoms with Crippen LogP contribution in [0, 0.1) is 0 Å². The van der Waals surface area contributed by atoms with Crippen LogP contribution >= 0.6 is 0 Å². The molecule has 0 aliphatic rings. The predicted octanol–water partition coefficient (Wildman–Crippen LogP) is 18.1. The molecule has 1 N–H and O–H groups in total. The average Bonchev–Trinajstić information content (AvgIpc) is 3.38. The first-order valence-corrected chi connectivity index (χ1v) is 30.4. The minimum absolute atomic E-state index is 0.184. The van der Waals surface area contributed by atoms with Crippen molar-refractivity contribution in [2.75, 3.05) is 47.5 Å². The number of allylic oxidation sites excluding steroid dienone is 16. The summed E-state index contributed by atoms with van der Waals surface area (Å²) in [5.41, 5.74) is 0. The molecule has 0 aromatic carbocycles. The molecule has 9 nitrogen and oxygen atoms in total. The van der Waals surface area contributed by atoms with E-state index in [1.54, 1.807) is 0 Å². The molecule has 0 aromatic heterocycles. The summed E-state index contributed by atoms with van der Waals surface area (Å²) in [5, 5.41) is 9.70. The molecule has 0 fully saturated rings. The predicted molar refractivity (Wildman–Crippen MR) is 318 cm³/mol. The molecule has 0 heterocycles. The van der Waals surface area contributed by atoms with E-state index in [0.717, 1.165) is 96.3 Å². The molecule has 75 heavy (non-hydrogen) atoms. The highest BCUT2D eigenvalue weighted by Crippen LogP contribution is 2.16. The second-order valence-electron chi connectivity index (χ2n) is 21.3. The second-order valence-corrected chi connectivity index (χ2v) is 21.3. The third kappa shape index (κ3) is 57.7. The van der Waals surface area contributed by atoms with E-state index in [4.69, 9.17) is 18.9 Å². The van der Waals surface area contributed by atoms with Gasteiger partial charge in [0.2, 0.25) is 0 Å². The highest BCUT2D eigenvalue weighted by molar-refractivity contribution is 5.71. The minimum Gasteiger partial charge on any atom is -0.477 e. The Balaban J connectivity index is 4.18. The van der Waals surface area contributed by atoms with E-state index in [0.29, 0.717) is 23.9 Å². The summed E-state index contributed by atoms with van der Waals surface area (Å²) in [6.45, 7) is 4.77. The highest BCUT2D eigenvalue weighted by Gasteiger charge is 2.25. The number of hydrogen-bond acceptors (Lipinski definition) is 7. The van der Waals surface area contributed by atoms with E-state index in [-0.39, 0.29) is 32.2 Å². The monoisotopic (exact) mass is 1050 g/mol. The van der Waals surface area contributed by atoms with Crippen LogP contribution in [-0.4, -0.2) is 87.4 Å². The Bertz CT molecular complexity index is 1550. The maximum atomic E-state index is 12.9. The molecule has 0 saturated carbocycles. The van der Waals surface area contributed by atoms with Crippen molar-refractivity contribution in [1.82, 2.24) is 0 Å². The number of aliphatic carboxylic acids is 1. The van der Waals surface area contributed by atoms with Crippen LogP contribution in [0.1, 0.15) is 245 Å².